The normalized spacial score (nSPS) is 12.7. The Hall–Kier alpha value is -4.07. The number of fused-ring (bicyclic) bond motifs is 1. The van der Waals surface area contributed by atoms with Crippen LogP contribution in [0, 0.1) is 12.8 Å². The zero-order chi connectivity index (χ0) is 23.0. The molecule has 0 bridgehead atoms. The lowest BCUT2D eigenvalue weighted by molar-refractivity contribution is -0.138. The maximum atomic E-state index is 12.9. The largest absolute Gasteiger partial charge is 0.466 e. The third-order valence-corrected chi connectivity index (χ3v) is 4.00. The van der Waals surface area contributed by atoms with Gasteiger partial charge in [-0.15, -0.1) is 12.8 Å². The van der Waals surface area contributed by atoms with Crippen LogP contribution in [0.5, 0.6) is 0 Å². The van der Waals surface area contributed by atoms with Gasteiger partial charge in [0.15, 0.2) is 5.82 Å². The van der Waals surface area contributed by atoms with Crippen molar-refractivity contribution >= 4 is 29.7 Å². The predicted octanol–water partition coefficient (Wildman–Crippen LogP) is 3.14. The molecule has 4 rings (SSSR count). The van der Waals surface area contributed by atoms with Crippen molar-refractivity contribution in [2.24, 2.45) is 0 Å². The molecule has 8 nitrogen and oxygen atoms in total. The summed E-state index contributed by atoms with van der Waals surface area (Å²) in [7, 11) is 0. The summed E-state index contributed by atoms with van der Waals surface area (Å²) in [6, 6.07) is 4.18. The standard InChI is InChI=1S/C14H10F3N5O.C4H6O2.C2H2/c15-14(16,17)10-3-9(4-19-13(10)18)8-1-2-12-21-11(20-7-23)6-22(12)5-8;5-4-2-1-3-6-4;1-2/h1-7H,(H2,18,19)(H,20,23);1-3H2;1-2H. The molecule has 1 saturated heterocycles. The van der Waals surface area contributed by atoms with E-state index in [2.05, 4.69) is 32.9 Å². The Bertz CT molecular complexity index is 1080. The Morgan fingerprint density at radius 3 is 2.52 bits per heavy atom. The van der Waals surface area contributed by atoms with Crippen LogP contribution in [0.4, 0.5) is 24.8 Å². The van der Waals surface area contributed by atoms with E-state index in [1.807, 2.05) is 0 Å². The summed E-state index contributed by atoms with van der Waals surface area (Å²) >= 11 is 0. The summed E-state index contributed by atoms with van der Waals surface area (Å²) < 4.78 is 44.8. The number of terminal acetylenes is 1. The third kappa shape index (κ3) is 5.96. The number of nitrogens with one attached hydrogen (secondary N) is 1. The highest BCUT2D eigenvalue weighted by atomic mass is 19.4. The third-order valence-electron chi connectivity index (χ3n) is 4.00. The van der Waals surface area contributed by atoms with E-state index in [9.17, 15) is 22.8 Å². The van der Waals surface area contributed by atoms with Crippen LogP contribution in [0.2, 0.25) is 0 Å². The maximum absolute atomic E-state index is 12.9. The Balaban J connectivity index is 0.000000363. The Morgan fingerprint density at radius 2 is 1.97 bits per heavy atom. The van der Waals surface area contributed by atoms with E-state index in [1.165, 1.54) is 6.20 Å². The van der Waals surface area contributed by atoms with Crippen LogP contribution in [0.3, 0.4) is 0 Å². The molecular weight excluding hydrogens is 415 g/mol. The van der Waals surface area contributed by atoms with Gasteiger partial charge in [0.2, 0.25) is 6.41 Å². The average Bonchev–Trinajstić information content (AvgIpc) is 3.37. The van der Waals surface area contributed by atoms with Gasteiger partial charge in [-0.05, 0) is 24.6 Å². The summed E-state index contributed by atoms with van der Waals surface area (Å²) in [5, 5.41) is 2.40. The lowest BCUT2D eigenvalue weighted by Crippen LogP contribution is -2.10. The minimum atomic E-state index is -4.58. The second-order valence-electron chi connectivity index (χ2n) is 6.05. The van der Waals surface area contributed by atoms with E-state index in [-0.39, 0.29) is 11.5 Å². The number of anilines is 2. The number of halogens is 3. The number of amides is 1. The number of carbonyl (C=O) groups is 2. The van der Waals surface area contributed by atoms with Crippen molar-refractivity contribution in [3.8, 4) is 24.0 Å². The Kier molecular flexibility index (Phi) is 7.57. The van der Waals surface area contributed by atoms with E-state index >= 15 is 0 Å². The molecule has 4 heterocycles. The van der Waals surface area contributed by atoms with Crippen LogP contribution < -0.4 is 11.1 Å². The molecule has 1 amide bonds. The first-order chi connectivity index (χ1) is 14.8. The van der Waals surface area contributed by atoms with Gasteiger partial charge in [0.05, 0.1) is 18.4 Å². The van der Waals surface area contributed by atoms with Gasteiger partial charge in [-0.2, -0.15) is 13.2 Å². The van der Waals surface area contributed by atoms with Crippen LogP contribution in [0.1, 0.15) is 18.4 Å². The highest BCUT2D eigenvalue weighted by Gasteiger charge is 2.34. The highest BCUT2D eigenvalue weighted by Crippen LogP contribution is 2.35. The molecule has 0 spiro atoms. The number of cyclic esters (lactones) is 1. The lowest BCUT2D eigenvalue weighted by atomic mass is 10.1. The van der Waals surface area contributed by atoms with Crippen LogP contribution in [0.15, 0.2) is 36.8 Å². The maximum Gasteiger partial charge on any atom is 0.419 e. The van der Waals surface area contributed by atoms with Gasteiger partial charge < -0.3 is 20.2 Å². The van der Waals surface area contributed by atoms with Gasteiger partial charge in [-0.25, -0.2) is 9.97 Å². The first-order valence-corrected chi connectivity index (χ1v) is 8.79. The average molecular weight is 433 g/mol. The first-order valence-electron chi connectivity index (χ1n) is 8.79. The predicted molar refractivity (Wildman–Crippen MR) is 108 cm³/mol. The number of nitrogens with zero attached hydrogens (tertiary/aromatic N) is 3. The number of pyridine rings is 2. The second kappa shape index (κ2) is 10.1. The molecule has 0 aliphatic carbocycles. The molecule has 31 heavy (non-hydrogen) atoms. The fourth-order valence-corrected chi connectivity index (χ4v) is 2.63. The number of imidazole rings is 1. The summed E-state index contributed by atoms with van der Waals surface area (Å²) in [6.07, 6.45) is 9.86. The molecule has 11 heteroatoms. The van der Waals surface area contributed by atoms with Crippen LogP contribution in [-0.2, 0) is 20.5 Å². The minimum absolute atomic E-state index is 0.0463. The van der Waals surface area contributed by atoms with Crippen molar-refractivity contribution in [3.05, 3.63) is 42.4 Å². The van der Waals surface area contributed by atoms with Crippen LogP contribution in [-0.4, -0.2) is 33.4 Å². The molecule has 3 aromatic rings. The Labute approximate surface area is 175 Å². The second-order valence-corrected chi connectivity index (χ2v) is 6.05. The summed E-state index contributed by atoms with van der Waals surface area (Å²) in [5.41, 5.74) is 5.63. The smallest absolute Gasteiger partial charge is 0.419 e. The van der Waals surface area contributed by atoms with E-state index in [1.54, 1.807) is 28.9 Å². The van der Waals surface area contributed by atoms with E-state index in [0.717, 1.165) is 12.5 Å². The van der Waals surface area contributed by atoms with Crippen LogP contribution >= 0.6 is 0 Å². The summed E-state index contributed by atoms with van der Waals surface area (Å²) in [4.78, 5) is 28.2. The summed E-state index contributed by atoms with van der Waals surface area (Å²) in [5.74, 6) is -0.277. The fourth-order valence-electron chi connectivity index (χ4n) is 2.63. The van der Waals surface area contributed by atoms with Gasteiger partial charge in [0, 0.05) is 29.9 Å². The van der Waals surface area contributed by atoms with E-state index in [0.29, 0.717) is 36.5 Å². The van der Waals surface area contributed by atoms with Crippen molar-refractivity contribution in [3.63, 3.8) is 0 Å². The molecular formula is C20H18F3N5O3. The fraction of sp³-hybridized carbons (Fsp3) is 0.200. The van der Waals surface area contributed by atoms with Crippen molar-refractivity contribution in [1.29, 1.82) is 0 Å². The van der Waals surface area contributed by atoms with Gasteiger partial charge in [0.1, 0.15) is 11.5 Å². The number of esters is 1. The molecule has 1 fully saturated rings. The number of nitrogen functional groups attached to an aromatic ring is 1. The van der Waals surface area contributed by atoms with Gasteiger partial charge >= 0.3 is 12.1 Å². The number of hydrogen-bond acceptors (Lipinski definition) is 6. The van der Waals surface area contributed by atoms with Crippen LogP contribution in [0.25, 0.3) is 16.8 Å². The SMILES string of the molecule is C#C.Nc1ncc(-c2ccc3nc(NC=O)cn3c2)cc1C(F)(F)F.O=C1CCCO1. The molecule has 3 aromatic heterocycles. The van der Waals surface area contributed by atoms with Gasteiger partial charge in [-0.1, -0.05) is 0 Å². The number of alkyl halides is 3. The van der Waals surface area contributed by atoms with Crippen molar-refractivity contribution < 1.29 is 27.5 Å². The highest BCUT2D eigenvalue weighted by molar-refractivity contribution is 5.72. The molecule has 1 aliphatic rings. The van der Waals surface area contributed by atoms with Crippen molar-refractivity contribution in [2.45, 2.75) is 19.0 Å². The molecule has 0 aromatic carbocycles. The quantitative estimate of drug-likeness (QED) is 0.373. The molecule has 3 N–H and O–H groups in total. The number of nitrogens with two attached hydrogens (primary N) is 1. The lowest BCUT2D eigenvalue weighted by Gasteiger charge is -2.11. The zero-order valence-electron chi connectivity index (χ0n) is 16.1. The van der Waals surface area contributed by atoms with Gasteiger partial charge in [-0.3, -0.25) is 9.59 Å². The monoisotopic (exact) mass is 433 g/mol. The van der Waals surface area contributed by atoms with Gasteiger partial charge in [0.25, 0.3) is 0 Å². The van der Waals surface area contributed by atoms with Crippen molar-refractivity contribution in [2.75, 3.05) is 17.7 Å². The molecule has 0 radical (unpaired) electrons. The molecule has 162 valence electrons. The minimum Gasteiger partial charge on any atom is -0.466 e. The number of aromatic nitrogens is 3. The zero-order valence-corrected chi connectivity index (χ0v) is 16.1. The van der Waals surface area contributed by atoms with E-state index < -0.39 is 17.6 Å². The molecule has 1 aliphatic heterocycles. The van der Waals surface area contributed by atoms with E-state index in [4.69, 9.17) is 5.73 Å². The number of hydrogen-bond donors (Lipinski definition) is 2. The molecule has 0 atom stereocenters. The summed E-state index contributed by atoms with van der Waals surface area (Å²) in [6.45, 7) is 0.638. The molecule has 0 unspecified atom stereocenters. The number of rotatable bonds is 3. The first kappa shape index (κ1) is 23.2. The van der Waals surface area contributed by atoms with Crippen molar-refractivity contribution in [1.82, 2.24) is 14.4 Å². The Morgan fingerprint density at radius 1 is 1.23 bits per heavy atom. The number of carbonyl (C=O) groups excluding carboxylic acids is 2. The number of ether oxygens (including phenoxy) is 1. The topological polar surface area (TPSA) is 112 Å². The molecule has 0 saturated carbocycles.